The van der Waals surface area contributed by atoms with Gasteiger partial charge in [-0.2, -0.15) is 0 Å². The first-order chi connectivity index (χ1) is 7.65. The van der Waals surface area contributed by atoms with E-state index in [1.165, 1.54) is 0 Å². The van der Waals surface area contributed by atoms with E-state index in [0.717, 1.165) is 10.2 Å². The van der Waals surface area contributed by atoms with Crippen LogP contribution in [0, 0.1) is 0 Å². The Bertz CT molecular complexity index is 382. The van der Waals surface area contributed by atoms with Crippen molar-refractivity contribution >= 4 is 21.8 Å². The molecule has 1 fully saturated rings. The highest BCUT2D eigenvalue weighted by Crippen LogP contribution is 2.14. The van der Waals surface area contributed by atoms with E-state index in [0.29, 0.717) is 13.0 Å². The molecule has 1 unspecified atom stereocenters. The van der Waals surface area contributed by atoms with E-state index >= 15 is 0 Å². The van der Waals surface area contributed by atoms with Crippen LogP contribution >= 0.6 is 15.9 Å². The number of pyridine rings is 1. The zero-order chi connectivity index (χ0) is 11.5. The first kappa shape index (κ1) is 11.5. The van der Waals surface area contributed by atoms with Gasteiger partial charge in [-0.25, -0.2) is 4.39 Å². The van der Waals surface area contributed by atoms with Crippen molar-refractivity contribution in [1.82, 2.24) is 9.88 Å². The molecule has 86 valence electrons. The minimum atomic E-state index is -0.859. The average molecular weight is 287 g/mol. The Labute approximate surface area is 102 Å². The maximum Gasteiger partial charge on any atom is 0.228 e. The normalized spacial score (nSPS) is 20.1. The van der Waals surface area contributed by atoms with E-state index in [9.17, 15) is 9.18 Å². The van der Waals surface area contributed by atoms with Crippen LogP contribution in [0.5, 0.6) is 0 Å². The Kier molecular flexibility index (Phi) is 3.53. The number of hydrogen-bond acceptors (Lipinski definition) is 2. The molecule has 1 aromatic heterocycles. The van der Waals surface area contributed by atoms with Crippen LogP contribution in [-0.2, 0) is 11.2 Å². The molecule has 3 nitrogen and oxygen atoms in total. The quantitative estimate of drug-likeness (QED) is 0.833. The lowest BCUT2D eigenvalue weighted by Gasteiger charge is -2.14. The number of amides is 1. The van der Waals surface area contributed by atoms with Gasteiger partial charge in [-0.05, 0) is 34.5 Å². The summed E-state index contributed by atoms with van der Waals surface area (Å²) in [6.45, 7) is 0.756. The third kappa shape index (κ3) is 2.78. The standard InChI is InChI=1S/C11H12BrFN2O/c12-8-1-2-10(14-6-8)5-11(16)15-4-3-9(13)7-15/h1-2,6,9H,3-5,7H2. The average Bonchev–Trinajstić information content (AvgIpc) is 2.68. The Balaban J connectivity index is 1.94. The summed E-state index contributed by atoms with van der Waals surface area (Å²) in [5, 5.41) is 0. The molecule has 1 aromatic rings. The molecule has 0 N–H and O–H groups in total. The van der Waals surface area contributed by atoms with Crippen molar-refractivity contribution in [3.05, 3.63) is 28.5 Å². The highest BCUT2D eigenvalue weighted by Gasteiger charge is 2.25. The molecule has 0 bridgehead atoms. The van der Waals surface area contributed by atoms with Gasteiger partial charge >= 0.3 is 0 Å². The highest BCUT2D eigenvalue weighted by atomic mass is 79.9. The second-order valence-corrected chi connectivity index (χ2v) is 4.79. The van der Waals surface area contributed by atoms with E-state index in [1.807, 2.05) is 6.07 Å². The van der Waals surface area contributed by atoms with Crippen molar-refractivity contribution < 1.29 is 9.18 Å². The van der Waals surface area contributed by atoms with Crippen LogP contribution in [-0.4, -0.2) is 35.1 Å². The van der Waals surface area contributed by atoms with Crippen LogP contribution in [0.2, 0.25) is 0 Å². The van der Waals surface area contributed by atoms with Crippen molar-refractivity contribution in [2.75, 3.05) is 13.1 Å². The second kappa shape index (κ2) is 4.91. The summed E-state index contributed by atoms with van der Waals surface area (Å²) in [5.74, 6) is -0.0463. The first-order valence-electron chi connectivity index (χ1n) is 5.17. The fraction of sp³-hybridized carbons (Fsp3) is 0.455. The van der Waals surface area contributed by atoms with Crippen molar-refractivity contribution in [2.45, 2.75) is 19.0 Å². The van der Waals surface area contributed by atoms with Gasteiger partial charge in [0.1, 0.15) is 6.17 Å². The summed E-state index contributed by atoms with van der Waals surface area (Å²) >= 11 is 3.28. The molecule has 1 saturated heterocycles. The van der Waals surface area contributed by atoms with Crippen molar-refractivity contribution in [1.29, 1.82) is 0 Å². The maximum atomic E-state index is 12.9. The Morgan fingerprint density at radius 2 is 2.44 bits per heavy atom. The summed E-state index contributed by atoms with van der Waals surface area (Å²) in [7, 11) is 0. The number of aromatic nitrogens is 1. The van der Waals surface area contributed by atoms with E-state index < -0.39 is 6.17 Å². The number of nitrogens with zero attached hydrogens (tertiary/aromatic N) is 2. The lowest BCUT2D eigenvalue weighted by atomic mass is 10.2. The topological polar surface area (TPSA) is 33.2 Å². The fourth-order valence-electron chi connectivity index (χ4n) is 1.72. The van der Waals surface area contributed by atoms with Gasteiger partial charge in [0.2, 0.25) is 5.91 Å². The predicted octanol–water partition coefficient (Wildman–Crippen LogP) is 1.96. The molecule has 0 aliphatic carbocycles. The number of likely N-dealkylation sites (tertiary alicyclic amines) is 1. The molecule has 5 heteroatoms. The molecule has 0 radical (unpaired) electrons. The van der Waals surface area contributed by atoms with Crippen LogP contribution in [0.1, 0.15) is 12.1 Å². The largest absolute Gasteiger partial charge is 0.339 e. The Morgan fingerprint density at radius 3 is 3.00 bits per heavy atom. The van der Waals surface area contributed by atoms with Crippen LogP contribution < -0.4 is 0 Å². The van der Waals surface area contributed by atoms with Crippen molar-refractivity contribution in [3.8, 4) is 0 Å². The number of carbonyl (C=O) groups is 1. The lowest BCUT2D eigenvalue weighted by molar-refractivity contribution is -0.129. The van der Waals surface area contributed by atoms with Gasteiger partial charge in [-0.15, -0.1) is 0 Å². The molecular weight excluding hydrogens is 275 g/mol. The Morgan fingerprint density at radius 1 is 1.62 bits per heavy atom. The van der Waals surface area contributed by atoms with Gasteiger partial charge < -0.3 is 4.90 Å². The first-order valence-corrected chi connectivity index (χ1v) is 5.97. The van der Waals surface area contributed by atoms with E-state index in [-0.39, 0.29) is 18.9 Å². The Hall–Kier alpha value is -0.970. The summed E-state index contributed by atoms with van der Waals surface area (Å²) in [6, 6.07) is 3.64. The molecule has 0 spiro atoms. The zero-order valence-electron chi connectivity index (χ0n) is 8.70. The molecule has 1 aliphatic heterocycles. The molecule has 1 aliphatic rings. The third-order valence-corrected chi connectivity index (χ3v) is 3.07. The molecule has 0 saturated carbocycles. The predicted molar refractivity (Wildman–Crippen MR) is 61.7 cm³/mol. The van der Waals surface area contributed by atoms with Gasteiger partial charge in [-0.3, -0.25) is 9.78 Å². The van der Waals surface area contributed by atoms with Gasteiger partial charge in [0.05, 0.1) is 13.0 Å². The minimum Gasteiger partial charge on any atom is -0.339 e. The highest BCUT2D eigenvalue weighted by molar-refractivity contribution is 9.10. The minimum absolute atomic E-state index is 0.0463. The summed E-state index contributed by atoms with van der Waals surface area (Å²) in [6.07, 6.45) is 1.51. The number of alkyl halides is 1. The van der Waals surface area contributed by atoms with Crippen molar-refractivity contribution in [2.24, 2.45) is 0 Å². The third-order valence-electron chi connectivity index (χ3n) is 2.60. The van der Waals surface area contributed by atoms with Gasteiger partial charge in [0, 0.05) is 22.9 Å². The van der Waals surface area contributed by atoms with E-state index in [1.54, 1.807) is 17.2 Å². The van der Waals surface area contributed by atoms with Crippen LogP contribution in [0.25, 0.3) is 0 Å². The maximum absolute atomic E-state index is 12.9. The monoisotopic (exact) mass is 286 g/mol. The summed E-state index contributed by atoms with van der Waals surface area (Å²) in [5.41, 5.74) is 0.718. The molecule has 0 aromatic carbocycles. The number of halogens is 2. The van der Waals surface area contributed by atoms with E-state index in [4.69, 9.17) is 0 Å². The zero-order valence-corrected chi connectivity index (χ0v) is 10.3. The van der Waals surface area contributed by atoms with Gasteiger partial charge in [-0.1, -0.05) is 0 Å². The molecular formula is C11H12BrFN2O. The number of carbonyl (C=O) groups excluding carboxylic acids is 1. The molecule has 2 heterocycles. The van der Waals surface area contributed by atoms with Crippen LogP contribution in [0.3, 0.4) is 0 Å². The van der Waals surface area contributed by atoms with E-state index in [2.05, 4.69) is 20.9 Å². The SMILES string of the molecule is O=C(Cc1ccc(Br)cn1)N1CCC(F)C1. The molecule has 2 rings (SSSR count). The summed E-state index contributed by atoms with van der Waals surface area (Å²) < 4.78 is 13.8. The van der Waals surface area contributed by atoms with Crippen LogP contribution in [0.15, 0.2) is 22.8 Å². The number of hydrogen-bond donors (Lipinski definition) is 0. The lowest BCUT2D eigenvalue weighted by Crippen LogP contribution is -2.30. The van der Waals surface area contributed by atoms with Gasteiger partial charge in [0.15, 0.2) is 0 Å². The summed E-state index contributed by atoms with van der Waals surface area (Å²) in [4.78, 5) is 17.4. The molecule has 16 heavy (non-hydrogen) atoms. The molecule has 1 amide bonds. The second-order valence-electron chi connectivity index (χ2n) is 3.87. The van der Waals surface area contributed by atoms with Crippen molar-refractivity contribution in [3.63, 3.8) is 0 Å². The fourth-order valence-corrected chi connectivity index (χ4v) is 1.96. The smallest absolute Gasteiger partial charge is 0.228 e. The van der Waals surface area contributed by atoms with Gasteiger partial charge in [0.25, 0.3) is 0 Å². The molecule has 1 atom stereocenters. The number of rotatable bonds is 2. The van der Waals surface area contributed by atoms with Crippen LogP contribution in [0.4, 0.5) is 4.39 Å².